The Kier molecular flexibility index (Phi) is 9.11. The largest absolute Gasteiger partial charge is 0.502 e. The SMILES string of the molecule is COc1cc(C2C3=CCC4C(=O)N(c5ccc(N=Nc6ccc(N(C)C)cc6)cc5)C(=O)C4C3CC3(Cl)C(=O)N(CBr)C(=O)C23Cl)cc(OC)c1O. The summed E-state index contributed by atoms with van der Waals surface area (Å²) < 4.78 is 10.8. The predicted octanol–water partition coefficient (Wildman–Crippen LogP) is 6.81. The Morgan fingerprint density at radius 1 is 0.885 bits per heavy atom. The first-order chi connectivity index (χ1) is 24.8. The van der Waals surface area contributed by atoms with Gasteiger partial charge in [-0.25, -0.2) is 0 Å². The fourth-order valence-electron chi connectivity index (χ4n) is 8.06. The van der Waals surface area contributed by atoms with Crippen LogP contribution in [0.25, 0.3) is 0 Å². The number of phenolic OH excluding ortho intramolecular Hbond substituents is 1. The average Bonchev–Trinajstić information content (AvgIpc) is 3.48. The van der Waals surface area contributed by atoms with E-state index in [-0.39, 0.29) is 41.5 Å². The molecule has 15 heteroatoms. The van der Waals surface area contributed by atoms with Crippen LogP contribution in [-0.4, -0.2) is 77.2 Å². The number of aromatic hydroxyl groups is 1. The molecule has 2 saturated heterocycles. The number of imide groups is 2. The van der Waals surface area contributed by atoms with E-state index in [2.05, 4.69) is 26.2 Å². The van der Waals surface area contributed by atoms with Gasteiger partial charge in [-0.2, -0.15) is 10.2 Å². The van der Waals surface area contributed by atoms with Crippen LogP contribution in [-0.2, 0) is 19.2 Å². The Morgan fingerprint density at radius 2 is 1.46 bits per heavy atom. The molecule has 7 rings (SSSR count). The molecule has 0 spiro atoms. The zero-order valence-electron chi connectivity index (χ0n) is 28.5. The van der Waals surface area contributed by atoms with Crippen LogP contribution in [0, 0.1) is 17.8 Å². The lowest BCUT2D eigenvalue weighted by Crippen LogP contribution is -2.60. The smallest absolute Gasteiger partial charge is 0.254 e. The number of hydrogen-bond donors (Lipinski definition) is 1. The van der Waals surface area contributed by atoms with Gasteiger partial charge >= 0.3 is 0 Å². The number of nitrogens with zero attached hydrogens (tertiary/aromatic N) is 5. The van der Waals surface area contributed by atoms with Crippen molar-refractivity contribution >= 4 is 85.5 Å². The van der Waals surface area contributed by atoms with Crippen LogP contribution < -0.4 is 19.3 Å². The van der Waals surface area contributed by atoms with Crippen molar-refractivity contribution in [2.75, 3.05) is 43.6 Å². The number of benzene rings is 3. The van der Waals surface area contributed by atoms with Crippen LogP contribution in [0.1, 0.15) is 24.3 Å². The molecule has 0 bridgehead atoms. The fraction of sp³-hybridized carbons (Fsp3) is 0.351. The van der Waals surface area contributed by atoms with Crippen molar-refractivity contribution in [1.29, 1.82) is 0 Å². The van der Waals surface area contributed by atoms with Crippen LogP contribution >= 0.6 is 39.1 Å². The molecule has 3 aromatic rings. The maximum Gasteiger partial charge on any atom is 0.254 e. The Morgan fingerprint density at radius 3 is 2.00 bits per heavy atom. The number of azo groups is 1. The number of hydrogen-bond acceptors (Lipinski definition) is 10. The molecule has 4 aliphatic rings. The number of halogens is 3. The quantitative estimate of drug-likeness (QED) is 0.0861. The summed E-state index contributed by atoms with van der Waals surface area (Å²) in [6.07, 6.45) is 1.86. The summed E-state index contributed by atoms with van der Waals surface area (Å²) in [6.45, 7) is 0. The monoisotopic (exact) mass is 809 g/mol. The molecular formula is C37H34BrCl2N5O7. The van der Waals surface area contributed by atoms with E-state index < -0.39 is 51.1 Å². The van der Waals surface area contributed by atoms with Gasteiger partial charge in [-0.15, -0.1) is 23.2 Å². The van der Waals surface area contributed by atoms with Crippen LogP contribution in [0.4, 0.5) is 22.7 Å². The molecule has 2 heterocycles. The molecule has 270 valence electrons. The van der Waals surface area contributed by atoms with Crippen molar-refractivity contribution in [2.45, 2.75) is 28.5 Å². The molecular weight excluding hydrogens is 777 g/mol. The molecule has 1 saturated carbocycles. The number of methoxy groups -OCH3 is 2. The van der Waals surface area contributed by atoms with Gasteiger partial charge in [0.05, 0.1) is 48.6 Å². The van der Waals surface area contributed by atoms with E-state index in [9.17, 15) is 24.3 Å². The molecule has 6 unspecified atom stereocenters. The van der Waals surface area contributed by atoms with Crippen LogP contribution in [0.15, 0.2) is 82.5 Å². The van der Waals surface area contributed by atoms with Crippen molar-refractivity contribution < 1.29 is 33.8 Å². The molecule has 0 aromatic heterocycles. The second-order valence-electron chi connectivity index (χ2n) is 13.4. The minimum absolute atomic E-state index is 0.0452. The standard InChI is InChI=1S/C37H34BrCl2N5O7/c1-43(2)22-9-5-20(6-10-22)41-42-21-7-11-23(12-8-21)45-32(47)25-14-13-24-26(29(25)33(45)48)17-36(39)34(49)44(18-38)35(50)37(36,40)30(24)19-15-27(51-3)31(46)28(16-19)52-4/h5-13,15-16,25-26,29-30,46H,14,17-18H2,1-4H3. The summed E-state index contributed by atoms with van der Waals surface area (Å²) in [6, 6.07) is 17.2. The van der Waals surface area contributed by atoms with Gasteiger partial charge in [-0.3, -0.25) is 29.0 Å². The molecule has 3 aromatic carbocycles. The first-order valence-electron chi connectivity index (χ1n) is 16.4. The number of likely N-dealkylation sites (tertiary alicyclic amines) is 1. The summed E-state index contributed by atoms with van der Waals surface area (Å²) in [7, 11) is 6.63. The topological polar surface area (TPSA) is 141 Å². The van der Waals surface area contributed by atoms with Crippen LogP contribution in [0.3, 0.4) is 0 Å². The second kappa shape index (κ2) is 13.2. The first kappa shape index (κ1) is 35.9. The fourth-order valence-corrected chi connectivity index (χ4v) is 9.49. The molecule has 2 aliphatic carbocycles. The number of allylic oxidation sites excluding steroid dienone is 2. The van der Waals surface area contributed by atoms with Crippen molar-refractivity contribution in [2.24, 2.45) is 28.0 Å². The number of carbonyl (C=O) groups is 4. The lowest BCUT2D eigenvalue weighted by atomic mass is 9.56. The van der Waals surface area contributed by atoms with Crippen LogP contribution in [0.2, 0.25) is 0 Å². The lowest BCUT2D eigenvalue weighted by Gasteiger charge is -2.50. The number of anilines is 2. The highest BCUT2D eigenvalue weighted by Gasteiger charge is 2.76. The molecule has 0 radical (unpaired) electrons. The predicted molar refractivity (Wildman–Crippen MR) is 198 cm³/mol. The van der Waals surface area contributed by atoms with Crippen molar-refractivity contribution in [3.63, 3.8) is 0 Å². The van der Waals surface area contributed by atoms with Gasteiger partial charge in [0.2, 0.25) is 17.6 Å². The van der Waals surface area contributed by atoms with E-state index in [0.717, 1.165) is 10.6 Å². The highest BCUT2D eigenvalue weighted by atomic mass is 79.9. The van der Waals surface area contributed by atoms with Crippen molar-refractivity contribution in [3.05, 3.63) is 77.9 Å². The van der Waals surface area contributed by atoms with E-state index in [1.54, 1.807) is 24.3 Å². The minimum Gasteiger partial charge on any atom is -0.502 e. The Hall–Kier alpha value is -4.46. The second-order valence-corrected chi connectivity index (χ2v) is 15.1. The molecule has 4 amide bonds. The third-order valence-electron chi connectivity index (χ3n) is 10.6. The van der Waals surface area contributed by atoms with E-state index in [0.29, 0.717) is 28.2 Å². The zero-order valence-corrected chi connectivity index (χ0v) is 31.6. The minimum atomic E-state index is -2.02. The van der Waals surface area contributed by atoms with Crippen molar-refractivity contribution in [1.82, 2.24) is 4.90 Å². The molecule has 3 fully saturated rings. The van der Waals surface area contributed by atoms with Gasteiger partial charge in [-0.05, 0) is 85.0 Å². The van der Waals surface area contributed by atoms with Gasteiger partial charge < -0.3 is 19.5 Å². The summed E-state index contributed by atoms with van der Waals surface area (Å²) in [5.74, 6) is -5.85. The van der Waals surface area contributed by atoms with Gasteiger partial charge in [-0.1, -0.05) is 27.6 Å². The Labute approximate surface area is 318 Å². The van der Waals surface area contributed by atoms with Gasteiger partial charge in [0.15, 0.2) is 21.2 Å². The Bertz CT molecular complexity index is 2030. The summed E-state index contributed by atoms with van der Waals surface area (Å²) in [5, 5.41) is 19.3. The van der Waals surface area contributed by atoms with Gasteiger partial charge in [0.1, 0.15) is 0 Å². The van der Waals surface area contributed by atoms with Crippen molar-refractivity contribution in [3.8, 4) is 17.2 Å². The summed E-state index contributed by atoms with van der Waals surface area (Å²) in [5.41, 5.74) is 3.42. The number of phenols is 1. The number of fused-ring (bicyclic) bond motifs is 4. The Balaban J connectivity index is 1.25. The summed E-state index contributed by atoms with van der Waals surface area (Å²) >= 11 is 17.9. The van der Waals surface area contributed by atoms with E-state index in [1.165, 1.54) is 31.3 Å². The average molecular weight is 812 g/mol. The summed E-state index contributed by atoms with van der Waals surface area (Å²) in [4.78, 5) is 56.6. The normalized spacial score (nSPS) is 28.2. The third kappa shape index (κ3) is 5.22. The van der Waals surface area contributed by atoms with E-state index in [4.69, 9.17) is 32.7 Å². The molecule has 6 atom stereocenters. The van der Waals surface area contributed by atoms with Crippen LogP contribution in [0.5, 0.6) is 17.2 Å². The first-order valence-corrected chi connectivity index (χ1v) is 18.3. The third-order valence-corrected chi connectivity index (χ3v) is 12.5. The highest BCUT2D eigenvalue weighted by Crippen LogP contribution is 2.66. The molecule has 52 heavy (non-hydrogen) atoms. The van der Waals surface area contributed by atoms with E-state index >= 15 is 0 Å². The van der Waals surface area contributed by atoms with E-state index in [1.807, 2.05) is 49.3 Å². The maximum atomic E-state index is 14.4. The number of rotatable bonds is 8. The number of ether oxygens (including phenoxy) is 2. The van der Waals surface area contributed by atoms with Gasteiger partial charge in [0.25, 0.3) is 11.8 Å². The zero-order chi connectivity index (χ0) is 37.3. The molecule has 1 N–H and O–H groups in total. The van der Waals surface area contributed by atoms with Gasteiger partial charge in [0, 0.05) is 25.7 Å². The molecule has 12 nitrogen and oxygen atoms in total. The molecule has 2 aliphatic heterocycles. The highest BCUT2D eigenvalue weighted by molar-refractivity contribution is 9.09. The lowest BCUT2D eigenvalue weighted by molar-refractivity contribution is -0.138. The number of carbonyl (C=O) groups excluding carboxylic acids is 4. The maximum absolute atomic E-state index is 14.4. The number of alkyl halides is 3. The number of amides is 4.